The summed E-state index contributed by atoms with van der Waals surface area (Å²) in [4.78, 5) is 0. The first-order chi connectivity index (χ1) is 8.04. The van der Waals surface area contributed by atoms with E-state index in [1.807, 2.05) is 0 Å². The fourth-order valence-corrected chi connectivity index (χ4v) is 3.23. The average molecular weight is 242 g/mol. The third kappa shape index (κ3) is 3.94. The van der Waals surface area contributed by atoms with Gasteiger partial charge in [-0.2, -0.15) is 0 Å². The second-order valence-electron chi connectivity index (χ2n) is 6.05. The summed E-state index contributed by atoms with van der Waals surface area (Å²) in [6.45, 7) is 7.89. The van der Waals surface area contributed by atoms with Crippen molar-refractivity contribution in [2.45, 2.75) is 64.5 Å². The van der Waals surface area contributed by atoms with Crippen LogP contribution in [0.2, 0.25) is 0 Å². The first kappa shape index (κ1) is 14.9. The standard InChI is InChI=1S/C14H30N2O/c1-11-6-7-14(10-15,12(2)9-11)16-13(3)5-4-8-17/h11-13,16-17H,4-10,15H2,1-3H3. The van der Waals surface area contributed by atoms with Crippen molar-refractivity contribution in [3.63, 3.8) is 0 Å². The number of hydrogen-bond acceptors (Lipinski definition) is 3. The van der Waals surface area contributed by atoms with Crippen molar-refractivity contribution < 1.29 is 5.11 Å². The van der Waals surface area contributed by atoms with E-state index in [0.29, 0.717) is 12.0 Å². The van der Waals surface area contributed by atoms with Crippen LogP contribution in [0.15, 0.2) is 0 Å². The Bertz CT molecular complexity index is 222. The Hall–Kier alpha value is -0.120. The molecule has 3 nitrogen and oxygen atoms in total. The lowest BCUT2D eigenvalue weighted by Crippen LogP contribution is -2.60. The Morgan fingerprint density at radius 2 is 2.18 bits per heavy atom. The largest absolute Gasteiger partial charge is 0.396 e. The summed E-state index contributed by atoms with van der Waals surface area (Å²) in [5.41, 5.74) is 6.17. The van der Waals surface area contributed by atoms with Gasteiger partial charge in [-0.05, 0) is 50.9 Å². The summed E-state index contributed by atoms with van der Waals surface area (Å²) < 4.78 is 0. The van der Waals surface area contributed by atoms with Gasteiger partial charge in [0.05, 0.1) is 0 Å². The number of aliphatic hydroxyl groups is 1. The van der Waals surface area contributed by atoms with Crippen molar-refractivity contribution in [1.82, 2.24) is 5.32 Å². The number of rotatable bonds is 6. The average Bonchev–Trinajstić information content (AvgIpc) is 2.30. The van der Waals surface area contributed by atoms with Gasteiger partial charge in [-0.1, -0.05) is 13.8 Å². The molecule has 4 unspecified atom stereocenters. The summed E-state index contributed by atoms with van der Waals surface area (Å²) in [6, 6.07) is 0.446. The van der Waals surface area contributed by atoms with Crippen LogP contribution in [0.25, 0.3) is 0 Å². The Balaban J connectivity index is 2.55. The van der Waals surface area contributed by atoms with E-state index >= 15 is 0 Å². The molecule has 1 fully saturated rings. The summed E-state index contributed by atoms with van der Waals surface area (Å²) in [6.07, 6.45) is 5.65. The minimum atomic E-state index is 0.126. The highest BCUT2D eigenvalue weighted by molar-refractivity contribution is 4.98. The minimum Gasteiger partial charge on any atom is -0.396 e. The van der Waals surface area contributed by atoms with Crippen LogP contribution in [0.5, 0.6) is 0 Å². The van der Waals surface area contributed by atoms with E-state index in [9.17, 15) is 0 Å². The van der Waals surface area contributed by atoms with Gasteiger partial charge in [0.1, 0.15) is 0 Å². The third-order valence-corrected chi connectivity index (χ3v) is 4.48. The van der Waals surface area contributed by atoms with Gasteiger partial charge in [0.2, 0.25) is 0 Å². The Kier molecular flexibility index (Phi) is 5.90. The fourth-order valence-electron chi connectivity index (χ4n) is 3.23. The number of nitrogens with two attached hydrogens (primary N) is 1. The molecule has 0 aliphatic heterocycles. The van der Waals surface area contributed by atoms with Crippen molar-refractivity contribution >= 4 is 0 Å². The zero-order valence-corrected chi connectivity index (χ0v) is 11.7. The number of nitrogens with one attached hydrogen (secondary N) is 1. The minimum absolute atomic E-state index is 0.126. The van der Waals surface area contributed by atoms with Crippen molar-refractivity contribution in [2.24, 2.45) is 17.6 Å². The van der Waals surface area contributed by atoms with Crippen LogP contribution < -0.4 is 11.1 Å². The molecule has 4 atom stereocenters. The first-order valence-electron chi connectivity index (χ1n) is 7.12. The normalized spacial score (nSPS) is 35.8. The van der Waals surface area contributed by atoms with E-state index in [4.69, 9.17) is 10.8 Å². The van der Waals surface area contributed by atoms with Gasteiger partial charge in [0.15, 0.2) is 0 Å². The van der Waals surface area contributed by atoms with Gasteiger partial charge in [0, 0.05) is 24.7 Å². The molecule has 0 radical (unpaired) electrons. The van der Waals surface area contributed by atoms with Crippen molar-refractivity contribution in [2.75, 3.05) is 13.2 Å². The lowest BCUT2D eigenvalue weighted by Gasteiger charge is -2.46. The summed E-state index contributed by atoms with van der Waals surface area (Å²) >= 11 is 0. The lowest BCUT2D eigenvalue weighted by molar-refractivity contribution is 0.115. The second-order valence-corrected chi connectivity index (χ2v) is 6.05. The fraction of sp³-hybridized carbons (Fsp3) is 1.00. The highest BCUT2D eigenvalue weighted by atomic mass is 16.2. The van der Waals surface area contributed by atoms with Gasteiger partial charge < -0.3 is 16.2 Å². The summed E-state index contributed by atoms with van der Waals surface area (Å²) in [5, 5.41) is 12.6. The third-order valence-electron chi connectivity index (χ3n) is 4.48. The zero-order chi connectivity index (χ0) is 12.9. The molecule has 0 spiro atoms. The molecule has 3 heteroatoms. The van der Waals surface area contributed by atoms with Crippen molar-refractivity contribution in [1.29, 1.82) is 0 Å². The molecular weight excluding hydrogens is 212 g/mol. The molecule has 1 rings (SSSR count). The predicted molar refractivity (Wildman–Crippen MR) is 72.9 cm³/mol. The molecule has 0 heterocycles. The monoisotopic (exact) mass is 242 g/mol. The van der Waals surface area contributed by atoms with Crippen LogP contribution in [0.4, 0.5) is 0 Å². The Morgan fingerprint density at radius 3 is 2.71 bits per heavy atom. The van der Waals surface area contributed by atoms with E-state index in [1.54, 1.807) is 0 Å². The topological polar surface area (TPSA) is 58.3 Å². The molecule has 0 amide bonds. The van der Waals surface area contributed by atoms with Gasteiger partial charge in [-0.15, -0.1) is 0 Å². The highest BCUT2D eigenvalue weighted by Crippen LogP contribution is 2.36. The molecule has 0 aromatic rings. The van der Waals surface area contributed by atoms with Crippen LogP contribution in [-0.2, 0) is 0 Å². The van der Waals surface area contributed by atoms with Crippen LogP contribution in [0, 0.1) is 11.8 Å². The molecule has 1 aliphatic rings. The molecule has 0 aromatic carbocycles. The molecule has 0 aromatic heterocycles. The van der Waals surface area contributed by atoms with Crippen LogP contribution >= 0.6 is 0 Å². The maximum Gasteiger partial charge on any atom is 0.0431 e. The zero-order valence-electron chi connectivity index (χ0n) is 11.7. The molecule has 102 valence electrons. The number of hydrogen-bond donors (Lipinski definition) is 3. The molecule has 17 heavy (non-hydrogen) atoms. The van der Waals surface area contributed by atoms with Crippen LogP contribution in [0.1, 0.15) is 52.9 Å². The van der Waals surface area contributed by atoms with E-state index in [-0.39, 0.29) is 12.1 Å². The summed E-state index contributed by atoms with van der Waals surface area (Å²) in [7, 11) is 0. The maximum absolute atomic E-state index is 8.88. The van der Waals surface area contributed by atoms with Crippen molar-refractivity contribution in [3.8, 4) is 0 Å². The van der Waals surface area contributed by atoms with Gasteiger partial charge >= 0.3 is 0 Å². The summed E-state index contributed by atoms with van der Waals surface area (Å²) in [5.74, 6) is 1.48. The molecule has 1 saturated carbocycles. The van der Waals surface area contributed by atoms with Crippen LogP contribution in [0.3, 0.4) is 0 Å². The van der Waals surface area contributed by atoms with Gasteiger partial charge in [-0.25, -0.2) is 0 Å². The molecule has 4 N–H and O–H groups in total. The maximum atomic E-state index is 8.88. The Morgan fingerprint density at radius 1 is 1.47 bits per heavy atom. The molecule has 0 saturated heterocycles. The number of aliphatic hydroxyl groups excluding tert-OH is 1. The van der Waals surface area contributed by atoms with Gasteiger partial charge in [0.25, 0.3) is 0 Å². The second kappa shape index (κ2) is 6.72. The van der Waals surface area contributed by atoms with Crippen molar-refractivity contribution in [3.05, 3.63) is 0 Å². The van der Waals surface area contributed by atoms with Crippen LogP contribution in [-0.4, -0.2) is 29.8 Å². The Labute approximate surface area is 106 Å². The van der Waals surface area contributed by atoms with Gasteiger partial charge in [-0.3, -0.25) is 0 Å². The quantitative estimate of drug-likeness (QED) is 0.666. The molecular formula is C14H30N2O. The van der Waals surface area contributed by atoms with E-state index in [0.717, 1.165) is 25.3 Å². The smallest absolute Gasteiger partial charge is 0.0431 e. The molecule has 0 bridgehead atoms. The first-order valence-corrected chi connectivity index (χ1v) is 7.12. The van der Waals surface area contributed by atoms with E-state index in [1.165, 1.54) is 19.3 Å². The molecule has 1 aliphatic carbocycles. The van der Waals surface area contributed by atoms with E-state index < -0.39 is 0 Å². The lowest BCUT2D eigenvalue weighted by atomic mass is 9.69. The highest BCUT2D eigenvalue weighted by Gasteiger charge is 2.39. The predicted octanol–water partition coefficient (Wildman–Crippen LogP) is 1.89. The van der Waals surface area contributed by atoms with E-state index in [2.05, 4.69) is 26.1 Å². The SMILES string of the molecule is CC1CCC(CN)(NC(C)CCCO)C(C)C1.